The van der Waals surface area contributed by atoms with Gasteiger partial charge < -0.3 is 15.0 Å². The minimum atomic E-state index is -0.986. The highest BCUT2D eigenvalue weighted by atomic mass is 16.4. The number of likely N-dealkylation sites (tertiary alicyclic amines) is 1. The fraction of sp³-hybridized carbons (Fsp3) is 0.409. The number of hydrogen-bond acceptors (Lipinski definition) is 3. The van der Waals surface area contributed by atoms with Gasteiger partial charge in [0.1, 0.15) is 5.56 Å². The van der Waals surface area contributed by atoms with E-state index in [1.54, 1.807) is 11.0 Å². The number of aromatic nitrogens is 1. The molecule has 2 N–H and O–H groups in total. The number of nitrogens with one attached hydrogen (secondary N) is 1. The Hall–Kier alpha value is -2.89. The molecule has 0 radical (unpaired) electrons. The third-order valence-electron chi connectivity index (χ3n) is 6.21. The molecule has 6 heteroatoms. The summed E-state index contributed by atoms with van der Waals surface area (Å²) < 4.78 is 0. The monoisotopic (exact) mass is 380 g/mol. The molecule has 0 spiro atoms. The molecule has 2 aliphatic rings. The fourth-order valence-corrected chi connectivity index (χ4v) is 4.48. The van der Waals surface area contributed by atoms with Gasteiger partial charge in [-0.05, 0) is 55.7 Å². The number of carboxylic acid groups (broad SMARTS) is 1. The number of pyridine rings is 1. The molecule has 0 bridgehead atoms. The van der Waals surface area contributed by atoms with Crippen LogP contribution in [0.2, 0.25) is 0 Å². The Morgan fingerprint density at radius 1 is 1.04 bits per heavy atom. The van der Waals surface area contributed by atoms with Gasteiger partial charge in [-0.2, -0.15) is 0 Å². The van der Waals surface area contributed by atoms with E-state index in [2.05, 4.69) is 4.98 Å². The van der Waals surface area contributed by atoms with Crippen molar-refractivity contribution in [1.82, 2.24) is 9.88 Å². The van der Waals surface area contributed by atoms with E-state index in [4.69, 9.17) is 0 Å². The molecule has 28 heavy (non-hydrogen) atoms. The number of rotatable bonds is 3. The number of carbonyl (C=O) groups is 2. The third-order valence-corrected chi connectivity index (χ3v) is 6.21. The maximum Gasteiger partial charge on any atom is 0.314 e. The largest absolute Gasteiger partial charge is 0.481 e. The van der Waals surface area contributed by atoms with E-state index >= 15 is 0 Å². The van der Waals surface area contributed by atoms with Gasteiger partial charge in [0.15, 0.2) is 0 Å². The van der Waals surface area contributed by atoms with Crippen LogP contribution in [0.25, 0.3) is 0 Å². The number of benzene rings is 1. The van der Waals surface area contributed by atoms with E-state index in [0.29, 0.717) is 25.9 Å². The van der Waals surface area contributed by atoms with Crippen LogP contribution in [0.4, 0.5) is 0 Å². The number of nitrogens with zero attached hydrogens (tertiary/aromatic N) is 1. The first-order chi connectivity index (χ1) is 13.5. The molecular weight excluding hydrogens is 356 g/mol. The molecule has 2 heterocycles. The number of piperidine rings is 1. The highest BCUT2D eigenvalue weighted by Gasteiger charge is 2.44. The first-order valence-corrected chi connectivity index (χ1v) is 9.84. The zero-order chi connectivity index (χ0) is 19.7. The number of aryl methyl sites for hydroxylation is 2. The second-order valence-electron chi connectivity index (χ2n) is 7.77. The summed E-state index contributed by atoms with van der Waals surface area (Å²) in [5.74, 6) is -1.17. The summed E-state index contributed by atoms with van der Waals surface area (Å²) in [4.78, 5) is 42.0. The van der Waals surface area contributed by atoms with Crippen LogP contribution in [-0.4, -0.2) is 40.0 Å². The standard InChI is InChI=1S/C22H24N2O4/c25-19-17(14-15-6-4-5-9-18(15)23-19)20(26)24-12-10-22(11-13-24,21(27)28)16-7-2-1-3-8-16/h1-3,7-8,14H,4-6,9-13H2,(H,23,25)(H,27,28). The first-order valence-electron chi connectivity index (χ1n) is 9.84. The van der Waals surface area contributed by atoms with Crippen LogP contribution in [0, 0.1) is 0 Å². The van der Waals surface area contributed by atoms with Crippen molar-refractivity contribution in [3.05, 3.63) is 69.1 Å². The smallest absolute Gasteiger partial charge is 0.314 e. The van der Waals surface area contributed by atoms with Crippen LogP contribution in [0.15, 0.2) is 41.2 Å². The molecule has 146 valence electrons. The Balaban J connectivity index is 1.56. The van der Waals surface area contributed by atoms with Crippen LogP contribution < -0.4 is 5.56 Å². The quantitative estimate of drug-likeness (QED) is 0.856. The average molecular weight is 380 g/mol. The molecule has 1 amide bonds. The lowest BCUT2D eigenvalue weighted by Gasteiger charge is -2.39. The summed E-state index contributed by atoms with van der Waals surface area (Å²) in [6.07, 6.45) is 4.51. The SMILES string of the molecule is O=C(c1cc2c([nH]c1=O)CCCC2)N1CCC(C(=O)O)(c2ccccc2)CC1. The van der Waals surface area contributed by atoms with E-state index in [0.717, 1.165) is 42.5 Å². The predicted octanol–water partition coefficient (Wildman–Crippen LogP) is 2.51. The Labute approximate surface area is 163 Å². The number of aromatic amines is 1. The minimum Gasteiger partial charge on any atom is -0.481 e. The third kappa shape index (κ3) is 3.13. The second kappa shape index (κ2) is 7.26. The van der Waals surface area contributed by atoms with Crippen molar-refractivity contribution in [3.63, 3.8) is 0 Å². The second-order valence-corrected chi connectivity index (χ2v) is 7.77. The zero-order valence-corrected chi connectivity index (χ0v) is 15.7. The van der Waals surface area contributed by atoms with Crippen molar-refractivity contribution in [2.45, 2.75) is 43.9 Å². The van der Waals surface area contributed by atoms with Gasteiger partial charge in [-0.15, -0.1) is 0 Å². The summed E-state index contributed by atoms with van der Waals surface area (Å²) in [6.45, 7) is 0.632. The summed E-state index contributed by atoms with van der Waals surface area (Å²) in [5.41, 5.74) is 1.60. The number of hydrogen-bond donors (Lipinski definition) is 2. The van der Waals surface area contributed by atoms with Gasteiger partial charge in [0.05, 0.1) is 5.41 Å². The zero-order valence-electron chi connectivity index (χ0n) is 15.7. The Morgan fingerprint density at radius 2 is 1.71 bits per heavy atom. The van der Waals surface area contributed by atoms with Crippen LogP contribution in [0.1, 0.15) is 52.9 Å². The number of carboxylic acids is 1. The highest BCUT2D eigenvalue weighted by Crippen LogP contribution is 2.36. The van der Waals surface area contributed by atoms with Crippen LogP contribution in [0.5, 0.6) is 0 Å². The Kier molecular flexibility index (Phi) is 4.79. The van der Waals surface area contributed by atoms with Gasteiger partial charge in [-0.1, -0.05) is 30.3 Å². The maximum atomic E-state index is 13.0. The summed E-state index contributed by atoms with van der Waals surface area (Å²) in [5, 5.41) is 9.90. The molecule has 1 saturated heterocycles. The predicted molar refractivity (Wildman–Crippen MR) is 105 cm³/mol. The molecule has 1 aromatic heterocycles. The van der Waals surface area contributed by atoms with E-state index in [1.807, 2.05) is 30.3 Å². The van der Waals surface area contributed by atoms with Gasteiger partial charge >= 0.3 is 5.97 Å². The molecule has 0 saturated carbocycles. The fourth-order valence-electron chi connectivity index (χ4n) is 4.48. The van der Waals surface area contributed by atoms with E-state index < -0.39 is 11.4 Å². The van der Waals surface area contributed by atoms with Crippen LogP contribution in [0.3, 0.4) is 0 Å². The molecule has 1 aromatic carbocycles. The number of H-pyrrole nitrogens is 1. The lowest BCUT2D eigenvalue weighted by Crippen LogP contribution is -2.49. The van der Waals surface area contributed by atoms with Gasteiger partial charge in [0.25, 0.3) is 11.5 Å². The minimum absolute atomic E-state index is 0.170. The molecule has 2 aromatic rings. The topological polar surface area (TPSA) is 90.5 Å². The normalized spacial score (nSPS) is 18.4. The molecule has 1 fully saturated rings. The first kappa shape index (κ1) is 18.5. The molecule has 6 nitrogen and oxygen atoms in total. The highest BCUT2D eigenvalue weighted by molar-refractivity contribution is 5.94. The summed E-state index contributed by atoms with van der Waals surface area (Å²) in [6, 6.07) is 10.9. The molecule has 0 unspecified atom stereocenters. The van der Waals surface area contributed by atoms with Crippen LogP contribution in [-0.2, 0) is 23.1 Å². The molecule has 0 atom stereocenters. The lowest BCUT2D eigenvalue weighted by molar-refractivity contribution is -0.145. The number of fused-ring (bicyclic) bond motifs is 1. The van der Waals surface area contributed by atoms with E-state index in [-0.39, 0.29) is 17.0 Å². The van der Waals surface area contributed by atoms with Gasteiger partial charge in [0, 0.05) is 18.8 Å². The molecule has 4 rings (SSSR count). The molecule has 1 aliphatic carbocycles. The van der Waals surface area contributed by atoms with Gasteiger partial charge in [-0.3, -0.25) is 14.4 Å². The average Bonchev–Trinajstić information content (AvgIpc) is 2.73. The van der Waals surface area contributed by atoms with Crippen molar-refractivity contribution in [3.8, 4) is 0 Å². The maximum absolute atomic E-state index is 13.0. The number of carbonyl (C=O) groups excluding carboxylic acids is 1. The van der Waals surface area contributed by atoms with Crippen molar-refractivity contribution >= 4 is 11.9 Å². The lowest BCUT2D eigenvalue weighted by atomic mass is 9.72. The van der Waals surface area contributed by atoms with Gasteiger partial charge in [0.2, 0.25) is 0 Å². The van der Waals surface area contributed by atoms with E-state index in [1.165, 1.54) is 0 Å². The van der Waals surface area contributed by atoms with Crippen molar-refractivity contribution in [2.75, 3.05) is 13.1 Å². The number of amides is 1. The summed E-state index contributed by atoms with van der Waals surface area (Å²) >= 11 is 0. The molecular formula is C22H24N2O4. The van der Waals surface area contributed by atoms with Crippen LogP contribution >= 0.6 is 0 Å². The van der Waals surface area contributed by atoms with Crippen molar-refractivity contribution < 1.29 is 14.7 Å². The van der Waals surface area contributed by atoms with E-state index in [9.17, 15) is 19.5 Å². The Bertz CT molecular complexity index is 956. The van der Waals surface area contributed by atoms with Crippen molar-refractivity contribution in [1.29, 1.82) is 0 Å². The number of aliphatic carboxylic acids is 1. The summed E-state index contributed by atoms with van der Waals surface area (Å²) in [7, 11) is 0. The van der Waals surface area contributed by atoms with Gasteiger partial charge in [-0.25, -0.2) is 0 Å². The van der Waals surface area contributed by atoms with Crippen molar-refractivity contribution in [2.24, 2.45) is 0 Å². The Morgan fingerprint density at radius 3 is 2.39 bits per heavy atom. The molecule has 1 aliphatic heterocycles.